The van der Waals surface area contributed by atoms with Gasteiger partial charge in [-0.3, -0.25) is 14.7 Å². The van der Waals surface area contributed by atoms with E-state index in [0.717, 1.165) is 12.1 Å². The van der Waals surface area contributed by atoms with Gasteiger partial charge in [0.05, 0.1) is 4.92 Å². The van der Waals surface area contributed by atoms with Crippen molar-refractivity contribution in [3.05, 3.63) is 34.4 Å². The molecule has 1 aromatic carbocycles. The minimum Gasteiger partial charge on any atom is -0.324 e. The zero-order valence-electron chi connectivity index (χ0n) is 8.75. The van der Waals surface area contributed by atoms with E-state index in [1.165, 1.54) is 12.1 Å². The Labute approximate surface area is 102 Å². The fraction of sp³-hybridized carbons (Fsp3) is 0.143. The summed E-state index contributed by atoms with van der Waals surface area (Å²) >= 11 is 0. The van der Waals surface area contributed by atoms with Gasteiger partial charge in [0.15, 0.2) is 4.90 Å². The van der Waals surface area contributed by atoms with Crippen LogP contribution in [0.25, 0.3) is 0 Å². The molecule has 0 bridgehead atoms. The van der Waals surface area contributed by atoms with Crippen LogP contribution in [-0.2, 0) is 14.6 Å². The number of hydrogen-bond acceptors (Lipinski definition) is 5. The van der Waals surface area contributed by atoms with Crippen LogP contribution in [0.4, 0.5) is 5.69 Å². The number of benzene rings is 1. The van der Waals surface area contributed by atoms with Gasteiger partial charge in [0.1, 0.15) is 6.29 Å². The summed E-state index contributed by atoms with van der Waals surface area (Å²) in [5, 5.41) is 10.6. The van der Waals surface area contributed by atoms with Crippen LogP contribution < -0.4 is 4.72 Å². The summed E-state index contributed by atoms with van der Waals surface area (Å²) in [5.41, 5.74) is -0.671. The number of sulfonamides is 1. The molecular formula is C7H9N2O7PS. The first kappa shape index (κ1) is 14.7. The van der Waals surface area contributed by atoms with Gasteiger partial charge in [-0.1, -0.05) is 12.1 Å². The van der Waals surface area contributed by atoms with Crippen molar-refractivity contribution in [2.45, 2.75) is 4.90 Å². The highest BCUT2D eigenvalue weighted by Gasteiger charge is 2.27. The Morgan fingerprint density at radius 3 is 2.39 bits per heavy atom. The Kier molecular flexibility index (Phi) is 4.20. The van der Waals surface area contributed by atoms with Crippen LogP contribution in [0, 0.1) is 10.1 Å². The zero-order chi connectivity index (χ0) is 14.0. The van der Waals surface area contributed by atoms with Gasteiger partial charge in [-0.25, -0.2) is 8.42 Å². The topological polar surface area (TPSA) is 147 Å². The van der Waals surface area contributed by atoms with Gasteiger partial charge in [-0.2, -0.15) is 4.72 Å². The molecule has 11 heteroatoms. The second-order valence-electron chi connectivity index (χ2n) is 3.20. The summed E-state index contributed by atoms with van der Waals surface area (Å²) in [6.07, 6.45) is -1.12. The largest absolute Gasteiger partial charge is 0.340 e. The van der Waals surface area contributed by atoms with E-state index in [9.17, 15) is 23.1 Å². The highest BCUT2D eigenvalue weighted by atomic mass is 32.2. The van der Waals surface area contributed by atoms with Gasteiger partial charge in [0, 0.05) is 6.07 Å². The lowest BCUT2D eigenvalue weighted by Gasteiger charge is -2.07. The van der Waals surface area contributed by atoms with Crippen LogP contribution in [0.15, 0.2) is 29.2 Å². The molecule has 0 aliphatic heterocycles. The summed E-state index contributed by atoms with van der Waals surface area (Å²) in [6.45, 7) is 0. The van der Waals surface area contributed by atoms with Crippen LogP contribution in [0.1, 0.15) is 0 Å². The molecular weight excluding hydrogens is 287 g/mol. The van der Waals surface area contributed by atoms with Gasteiger partial charge in [0.2, 0.25) is 10.0 Å². The van der Waals surface area contributed by atoms with Crippen molar-refractivity contribution in [2.24, 2.45) is 0 Å². The van der Waals surface area contributed by atoms with Crippen molar-refractivity contribution in [3.63, 3.8) is 0 Å². The molecule has 0 aliphatic rings. The lowest BCUT2D eigenvalue weighted by atomic mass is 10.3. The molecule has 1 aromatic rings. The minimum atomic E-state index is -4.58. The monoisotopic (exact) mass is 296 g/mol. The minimum absolute atomic E-state index is 0.650. The van der Waals surface area contributed by atoms with Crippen LogP contribution in [0.3, 0.4) is 0 Å². The molecule has 0 saturated heterocycles. The van der Waals surface area contributed by atoms with E-state index < -0.39 is 39.4 Å². The van der Waals surface area contributed by atoms with Gasteiger partial charge in [-0.05, 0) is 6.07 Å². The average Bonchev–Trinajstić information content (AvgIpc) is 2.26. The van der Waals surface area contributed by atoms with Crippen molar-refractivity contribution in [1.82, 2.24) is 4.72 Å². The fourth-order valence-corrected chi connectivity index (χ4v) is 3.27. The molecule has 0 aliphatic carbocycles. The first-order chi connectivity index (χ1) is 8.13. The molecule has 0 spiro atoms. The number of hydrogen-bond donors (Lipinski definition) is 3. The smallest absolute Gasteiger partial charge is 0.324 e. The van der Waals surface area contributed by atoms with Gasteiger partial charge in [0.25, 0.3) is 5.69 Å². The lowest BCUT2D eigenvalue weighted by Crippen LogP contribution is -2.25. The maximum Gasteiger partial charge on any atom is 0.340 e. The Bertz CT molecular complexity index is 608. The van der Waals surface area contributed by atoms with E-state index in [1.54, 1.807) is 4.72 Å². The van der Waals surface area contributed by atoms with Crippen LogP contribution >= 0.6 is 7.60 Å². The molecule has 0 aromatic heterocycles. The van der Waals surface area contributed by atoms with Gasteiger partial charge in [-0.15, -0.1) is 0 Å². The Morgan fingerprint density at radius 1 is 1.33 bits per heavy atom. The van der Waals surface area contributed by atoms with Gasteiger partial charge >= 0.3 is 7.60 Å². The highest BCUT2D eigenvalue weighted by Crippen LogP contribution is 2.33. The third kappa shape index (κ3) is 3.86. The molecule has 0 radical (unpaired) electrons. The average molecular weight is 296 g/mol. The van der Waals surface area contributed by atoms with Crippen molar-refractivity contribution in [1.29, 1.82) is 0 Å². The molecule has 0 fully saturated rings. The Balaban J connectivity index is 3.13. The number of para-hydroxylation sites is 1. The number of nitro groups is 1. The molecule has 0 atom stereocenters. The SMILES string of the molecule is O=[N+]([O-])c1ccccc1S(=O)(=O)NCP(=O)(O)O. The molecule has 1 rings (SSSR count). The van der Waals surface area contributed by atoms with E-state index in [4.69, 9.17) is 9.79 Å². The second kappa shape index (κ2) is 5.12. The Hall–Kier alpha value is -1.32. The summed E-state index contributed by atoms with van der Waals surface area (Å²) in [6, 6.07) is 4.49. The maximum atomic E-state index is 11.6. The van der Waals surface area contributed by atoms with Crippen LogP contribution in [0.5, 0.6) is 0 Å². The summed E-state index contributed by atoms with van der Waals surface area (Å²) in [5.74, 6) is 0. The molecule has 0 heterocycles. The third-order valence-electron chi connectivity index (χ3n) is 1.81. The molecule has 3 N–H and O–H groups in total. The molecule has 0 saturated carbocycles. The quantitative estimate of drug-likeness (QED) is 0.394. The van der Waals surface area contributed by atoms with E-state index in [1.807, 2.05) is 0 Å². The standard InChI is InChI=1S/C7H9N2O7PS/c10-9(11)6-3-1-2-4-7(6)18(15,16)8-5-17(12,13)14/h1-4,8H,5H2,(H2,12,13,14). The van der Waals surface area contributed by atoms with Crippen molar-refractivity contribution in [3.8, 4) is 0 Å². The molecule has 0 unspecified atom stereocenters. The molecule has 9 nitrogen and oxygen atoms in total. The zero-order valence-corrected chi connectivity index (χ0v) is 10.5. The summed E-state index contributed by atoms with van der Waals surface area (Å²) in [4.78, 5) is 26.2. The van der Waals surface area contributed by atoms with Crippen molar-refractivity contribution in [2.75, 3.05) is 6.29 Å². The van der Waals surface area contributed by atoms with E-state index in [0.29, 0.717) is 0 Å². The van der Waals surface area contributed by atoms with E-state index in [-0.39, 0.29) is 0 Å². The second-order valence-corrected chi connectivity index (χ2v) is 6.58. The highest BCUT2D eigenvalue weighted by molar-refractivity contribution is 7.90. The summed E-state index contributed by atoms with van der Waals surface area (Å²) in [7, 11) is -8.93. The first-order valence-electron chi connectivity index (χ1n) is 4.41. The van der Waals surface area contributed by atoms with Gasteiger partial charge < -0.3 is 9.79 Å². The molecule has 0 amide bonds. The number of nitro benzene ring substituents is 1. The van der Waals surface area contributed by atoms with E-state index in [2.05, 4.69) is 0 Å². The predicted octanol–water partition coefficient (Wildman–Crippen LogP) is 0.00830. The fourth-order valence-electron chi connectivity index (χ4n) is 1.08. The van der Waals surface area contributed by atoms with Crippen molar-refractivity contribution < 1.29 is 27.7 Å². The number of nitrogens with zero attached hydrogens (tertiary/aromatic N) is 1. The predicted molar refractivity (Wildman–Crippen MR) is 60.3 cm³/mol. The van der Waals surface area contributed by atoms with Crippen molar-refractivity contribution >= 4 is 23.3 Å². The lowest BCUT2D eigenvalue weighted by molar-refractivity contribution is -0.387. The maximum absolute atomic E-state index is 11.6. The number of nitrogens with one attached hydrogen (secondary N) is 1. The Morgan fingerprint density at radius 2 is 1.89 bits per heavy atom. The third-order valence-corrected chi connectivity index (χ3v) is 4.04. The summed E-state index contributed by atoms with van der Waals surface area (Å²) < 4.78 is 35.5. The molecule has 18 heavy (non-hydrogen) atoms. The van der Waals surface area contributed by atoms with Crippen LogP contribution in [-0.4, -0.2) is 29.4 Å². The van der Waals surface area contributed by atoms with E-state index >= 15 is 0 Å². The number of rotatable bonds is 5. The molecule has 100 valence electrons. The van der Waals surface area contributed by atoms with Crippen LogP contribution in [0.2, 0.25) is 0 Å². The normalized spacial score (nSPS) is 12.3. The first-order valence-corrected chi connectivity index (χ1v) is 7.69.